The first kappa shape index (κ1) is 13.8. The van der Waals surface area contributed by atoms with Gasteiger partial charge in [-0.3, -0.25) is 0 Å². The van der Waals surface area contributed by atoms with Gasteiger partial charge in [0, 0.05) is 11.8 Å². The maximum atomic E-state index is 11.5. The number of fused-ring (bicyclic) bond motifs is 2. The molecule has 106 valence electrons. The Morgan fingerprint density at radius 1 is 0.905 bits per heavy atom. The van der Waals surface area contributed by atoms with Crippen molar-refractivity contribution in [3.8, 4) is 0 Å². The largest absolute Gasteiger partial charge is 0.303 e. The van der Waals surface area contributed by atoms with Crippen LogP contribution in [0.5, 0.6) is 0 Å². The van der Waals surface area contributed by atoms with Crippen molar-refractivity contribution < 1.29 is 4.79 Å². The zero-order valence-electron chi connectivity index (χ0n) is 12.2. The van der Waals surface area contributed by atoms with E-state index < -0.39 is 0 Å². The van der Waals surface area contributed by atoms with E-state index >= 15 is 0 Å². The van der Waals surface area contributed by atoms with Gasteiger partial charge < -0.3 is 4.79 Å². The molecule has 2 aromatic rings. The summed E-state index contributed by atoms with van der Waals surface area (Å²) in [5, 5.41) is 0. The molecule has 0 heterocycles. The van der Waals surface area contributed by atoms with Crippen molar-refractivity contribution >= 4 is 6.29 Å². The molecule has 0 saturated carbocycles. The van der Waals surface area contributed by atoms with E-state index in [4.69, 9.17) is 0 Å². The van der Waals surface area contributed by atoms with E-state index in [0.717, 1.165) is 25.5 Å². The average Bonchev–Trinajstić information content (AvgIpc) is 2.65. The lowest BCUT2D eigenvalue weighted by atomic mass is 9.68. The van der Waals surface area contributed by atoms with Gasteiger partial charge in [-0.05, 0) is 41.5 Å². The third-order valence-electron chi connectivity index (χ3n) is 4.65. The SMILES string of the molecule is C=CCC1(CC=O)c2ccccc2CCc2ccccc21. The Morgan fingerprint density at radius 3 is 1.90 bits per heavy atom. The van der Waals surface area contributed by atoms with Crippen LogP contribution in [0, 0.1) is 0 Å². The normalized spacial score (nSPS) is 15.4. The van der Waals surface area contributed by atoms with Crippen molar-refractivity contribution in [2.75, 3.05) is 0 Å². The van der Waals surface area contributed by atoms with Gasteiger partial charge in [-0.2, -0.15) is 0 Å². The highest BCUT2D eigenvalue weighted by Crippen LogP contribution is 2.44. The summed E-state index contributed by atoms with van der Waals surface area (Å²) in [6.07, 6.45) is 6.37. The van der Waals surface area contributed by atoms with Gasteiger partial charge in [-0.25, -0.2) is 0 Å². The van der Waals surface area contributed by atoms with Gasteiger partial charge in [0.2, 0.25) is 0 Å². The number of allylic oxidation sites excluding steroid dienone is 1. The van der Waals surface area contributed by atoms with E-state index in [0.29, 0.717) is 6.42 Å². The minimum Gasteiger partial charge on any atom is -0.303 e. The summed E-state index contributed by atoms with van der Waals surface area (Å²) < 4.78 is 0. The molecule has 0 spiro atoms. The maximum Gasteiger partial charge on any atom is 0.121 e. The molecule has 0 aromatic heterocycles. The van der Waals surface area contributed by atoms with Crippen LogP contribution in [0.25, 0.3) is 0 Å². The first-order valence-corrected chi connectivity index (χ1v) is 7.53. The fraction of sp³-hybridized carbons (Fsp3) is 0.250. The lowest BCUT2D eigenvalue weighted by molar-refractivity contribution is -0.108. The van der Waals surface area contributed by atoms with Crippen molar-refractivity contribution in [2.45, 2.75) is 31.1 Å². The van der Waals surface area contributed by atoms with Gasteiger partial charge in [0.1, 0.15) is 6.29 Å². The molecule has 1 aliphatic rings. The van der Waals surface area contributed by atoms with Gasteiger partial charge in [0.15, 0.2) is 0 Å². The minimum absolute atomic E-state index is 0.257. The van der Waals surface area contributed by atoms with Crippen LogP contribution in [-0.4, -0.2) is 6.29 Å². The molecule has 1 aliphatic carbocycles. The lowest BCUT2D eigenvalue weighted by Crippen LogP contribution is -2.29. The highest BCUT2D eigenvalue weighted by molar-refractivity contribution is 5.60. The van der Waals surface area contributed by atoms with Gasteiger partial charge >= 0.3 is 0 Å². The van der Waals surface area contributed by atoms with Crippen LogP contribution in [0.3, 0.4) is 0 Å². The van der Waals surface area contributed by atoms with Crippen molar-refractivity contribution in [2.24, 2.45) is 0 Å². The van der Waals surface area contributed by atoms with Gasteiger partial charge in [0.05, 0.1) is 0 Å². The van der Waals surface area contributed by atoms with E-state index in [1.165, 1.54) is 22.3 Å². The van der Waals surface area contributed by atoms with Crippen LogP contribution in [0.15, 0.2) is 61.2 Å². The number of hydrogen-bond donors (Lipinski definition) is 0. The molecule has 21 heavy (non-hydrogen) atoms. The highest BCUT2D eigenvalue weighted by atomic mass is 16.1. The van der Waals surface area contributed by atoms with Gasteiger partial charge in [-0.1, -0.05) is 54.6 Å². The van der Waals surface area contributed by atoms with Crippen LogP contribution in [-0.2, 0) is 23.1 Å². The number of benzene rings is 2. The first-order valence-electron chi connectivity index (χ1n) is 7.53. The lowest BCUT2D eigenvalue weighted by Gasteiger charge is -2.34. The smallest absolute Gasteiger partial charge is 0.121 e. The topological polar surface area (TPSA) is 17.1 Å². The fourth-order valence-electron chi connectivity index (χ4n) is 3.74. The predicted octanol–water partition coefficient (Wildman–Crippen LogP) is 4.24. The molecule has 0 radical (unpaired) electrons. The first-order chi connectivity index (χ1) is 10.3. The quantitative estimate of drug-likeness (QED) is 0.603. The average molecular weight is 276 g/mol. The number of carbonyl (C=O) groups excluding carboxylic acids is 1. The Balaban J connectivity index is 2.32. The number of aryl methyl sites for hydroxylation is 2. The zero-order chi connectivity index (χ0) is 14.7. The van der Waals surface area contributed by atoms with Gasteiger partial charge in [0.25, 0.3) is 0 Å². The summed E-state index contributed by atoms with van der Waals surface area (Å²) in [5.41, 5.74) is 5.05. The summed E-state index contributed by atoms with van der Waals surface area (Å²) in [6, 6.07) is 17.1. The second-order valence-electron chi connectivity index (χ2n) is 5.76. The number of hydrogen-bond acceptors (Lipinski definition) is 1. The highest BCUT2D eigenvalue weighted by Gasteiger charge is 2.37. The zero-order valence-corrected chi connectivity index (χ0v) is 12.2. The molecule has 0 N–H and O–H groups in total. The van der Waals surface area contributed by atoms with E-state index in [2.05, 4.69) is 55.1 Å². The summed E-state index contributed by atoms with van der Waals surface area (Å²) >= 11 is 0. The van der Waals surface area contributed by atoms with Crippen LogP contribution >= 0.6 is 0 Å². The number of aldehydes is 1. The van der Waals surface area contributed by atoms with E-state index in [1.54, 1.807) is 0 Å². The fourth-order valence-corrected chi connectivity index (χ4v) is 3.74. The predicted molar refractivity (Wildman–Crippen MR) is 86.6 cm³/mol. The second kappa shape index (κ2) is 5.69. The molecule has 3 rings (SSSR count). The van der Waals surface area contributed by atoms with Crippen LogP contribution in [0.4, 0.5) is 0 Å². The monoisotopic (exact) mass is 276 g/mol. The number of carbonyl (C=O) groups is 1. The molecular weight excluding hydrogens is 256 g/mol. The molecule has 0 saturated heterocycles. The third kappa shape index (κ3) is 2.23. The Morgan fingerprint density at radius 2 is 1.43 bits per heavy atom. The maximum absolute atomic E-state index is 11.5. The van der Waals surface area contributed by atoms with Gasteiger partial charge in [-0.15, -0.1) is 6.58 Å². The summed E-state index contributed by atoms with van der Waals surface area (Å²) in [6.45, 7) is 3.94. The summed E-state index contributed by atoms with van der Waals surface area (Å²) in [7, 11) is 0. The molecule has 0 amide bonds. The van der Waals surface area contributed by atoms with Crippen LogP contribution < -0.4 is 0 Å². The van der Waals surface area contributed by atoms with Crippen molar-refractivity contribution in [1.29, 1.82) is 0 Å². The third-order valence-corrected chi connectivity index (χ3v) is 4.65. The Labute approximate surface area is 126 Å². The van der Waals surface area contributed by atoms with E-state index in [9.17, 15) is 4.79 Å². The number of rotatable bonds is 4. The van der Waals surface area contributed by atoms with Crippen molar-refractivity contribution in [1.82, 2.24) is 0 Å². The molecule has 1 heteroatoms. The van der Waals surface area contributed by atoms with E-state index in [1.807, 2.05) is 6.08 Å². The van der Waals surface area contributed by atoms with Crippen molar-refractivity contribution in [3.05, 3.63) is 83.4 Å². The molecular formula is C20H20O. The molecule has 1 nitrogen and oxygen atoms in total. The Kier molecular flexibility index (Phi) is 3.74. The van der Waals surface area contributed by atoms with E-state index in [-0.39, 0.29) is 5.41 Å². The standard InChI is InChI=1S/C20H20O/c1-2-13-20(14-15-21)18-9-5-3-7-16(18)11-12-17-8-4-6-10-19(17)20/h2-10,15H,1,11-14H2. The van der Waals surface area contributed by atoms with Crippen LogP contribution in [0.2, 0.25) is 0 Å². The molecule has 0 atom stereocenters. The molecule has 0 fully saturated rings. The summed E-state index contributed by atoms with van der Waals surface area (Å²) in [5.74, 6) is 0. The molecule has 0 bridgehead atoms. The molecule has 0 aliphatic heterocycles. The second-order valence-corrected chi connectivity index (χ2v) is 5.76. The van der Waals surface area contributed by atoms with Crippen LogP contribution in [0.1, 0.15) is 35.1 Å². The summed E-state index contributed by atoms with van der Waals surface area (Å²) in [4.78, 5) is 11.5. The molecule has 2 aromatic carbocycles. The Hall–Kier alpha value is -2.15. The molecule has 0 unspecified atom stereocenters. The van der Waals surface area contributed by atoms with Crippen molar-refractivity contribution in [3.63, 3.8) is 0 Å². The minimum atomic E-state index is -0.257. The Bertz CT molecular complexity index is 610.